The number of alkyl halides is 3. The maximum atomic E-state index is 12.6. The van der Waals surface area contributed by atoms with Gasteiger partial charge in [-0.2, -0.15) is 13.2 Å². The van der Waals surface area contributed by atoms with Gasteiger partial charge in [-0.15, -0.1) is 0 Å². The Morgan fingerprint density at radius 2 is 2.08 bits per heavy atom. The predicted octanol–water partition coefficient (Wildman–Crippen LogP) is 3.43. The van der Waals surface area contributed by atoms with Gasteiger partial charge in [-0.25, -0.2) is 0 Å². The van der Waals surface area contributed by atoms with Crippen LogP contribution in [0.3, 0.4) is 0 Å². The molecule has 2 N–H and O–H groups in total. The van der Waals surface area contributed by atoms with E-state index in [2.05, 4.69) is 9.89 Å². The fourth-order valence-electron chi connectivity index (χ4n) is 2.84. The van der Waals surface area contributed by atoms with E-state index >= 15 is 0 Å². The number of benzene rings is 1. The molecule has 0 unspecified atom stereocenters. The molecule has 1 heterocycles. The van der Waals surface area contributed by atoms with Crippen molar-refractivity contribution in [2.24, 2.45) is 10.7 Å². The number of hydrogen-bond acceptors (Lipinski definition) is 3. The Hall–Kier alpha value is -2.44. The van der Waals surface area contributed by atoms with Crippen LogP contribution in [0, 0.1) is 0 Å². The van der Waals surface area contributed by atoms with Crippen molar-refractivity contribution < 1.29 is 17.9 Å². The minimum atomic E-state index is -4.25. The van der Waals surface area contributed by atoms with Crippen molar-refractivity contribution in [3.05, 3.63) is 47.1 Å². The van der Waals surface area contributed by atoms with Crippen LogP contribution in [-0.2, 0) is 0 Å². The van der Waals surface area contributed by atoms with Gasteiger partial charge < -0.3 is 15.4 Å². The van der Waals surface area contributed by atoms with Crippen molar-refractivity contribution in [3.63, 3.8) is 0 Å². The van der Waals surface area contributed by atoms with Gasteiger partial charge in [-0.3, -0.25) is 4.99 Å². The Kier molecular flexibility index (Phi) is 4.74. The zero-order chi connectivity index (χ0) is 18.0. The number of rotatable bonds is 3. The van der Waals surface area contributed by atoms with E-state index in [-0.39, 0.29) is 6.42 Å². The Bertz CT molecular complexity index is 750. The van der Waals surface area contributed by atoms with E-state index in [1.165, 1.54) is 6.08 Å². The minimum Gasteiger partial charge on any atom is -0.490 e. The highest BCUT2D eigenvalue weighted by atomic mass is 19.4. The van der Waals surface area contributed by atoms with E-state index in [1.54, 1.807) is 0 Å². The highest BCUT2D eigenvalue weighted by Gasteiger charge is 2.33. The first-order valence-corrected chi connectivity index (χ1v) is 8.08. The Balaban J connectivity index is 1.71. The summed E-state index contributed by atoms with van der Waals surface area (Å²) in [7, 11) is 2.00. The molecule has 1 aliphatic carbocycles. The summed E-state index contributed by atoms with van der Waals surface area (Å²) in [5.41, 5.74) is 8.13. The predicted molar refractivity (Wildman–Crippen MR) is 92.3 cm³/mol. The second-order valence-electron chi connectivity index (χ2n) is 6.17. The highest BCUT2D eigenvalue weighted by molar-refractivity contribution is 5.98. The summed E-state index contributed by atoms with van der Waals surface area (Å²) in [6, 6.07) is 5.66. The van der Waals surface area contributed by atoms with Gasteiger partial charge >= 0.3 is 6.18 Å². The zero-order valence-corrected chi connectivity index (χ0v) is 13.9. The van der Waals surface area contributed by atoms with Crippen LogP contribution in [-0.4, -0.2) is 38.8 Å². The number of hydrogen-bond donors (Lipinski definition) is 1. The summed E-state index contributed by atoms with van der Waals surface area (Å²) in [6.45, 7) is 1.74. The lowest BCUT2D eigenvalue weighted by Crippen LogP contribution is -2.29. The third-order valence-electron chi connectivity index (χ3n) is 4.40. The summed E-state index contributed by atoms with van der Waals surface area (Å²) in [4.78, 5) is 6.42. The fourth-order valence-corrected chi connectivity index (χ4v) is 2.84. The van der Waals surface area contributed by atoms with E-state index < -0.39 is 11.7 Å². The third-order valence-corrected chi connectivity index (χ3v) is 4.40. The smallest absolute Gasteiger partial charge is 0.412 e. The summed E-state index contributed by atoms with van der Waals surface area (Å²) in [5.74, 6) is 1.12. The van der Waals surface area contributed by atoms with Crippen molar-refractivity contribution >= 4 is 11.5 Å². The number of nitrogens with zero attached hydrogens (tertiary/aromatic N) is 2. The first-order valence-electron chi connectivity index (χ1n) is 8.08. The Labute approximate surface area is 144 Å². The number of aliphatic imine (C=N–C) groups is 1. The van der Waals surface area contributed by atoms with Crippen molar-refractivity contribution in [1.29, 1.82) is 0 Å². The molecule has 134 valence electrons. The Morgan fingerprint density at radius 1 is 1.28 bits per heavy atom. The SMILES string of the molecule is CN1CCOc2cc(C(N)=NCC3=CC=C(C(F)(F)F)CC3)ccc21. The number of anilines is 1. The van der Waals surface area contributed by atoms with Gasteiger partial charge in [0.15, 0.2) is 0 Å². The molecule has 4 nitrogen and oxygen atoms in total. The molecule has 2 aliphatic rings. The van der Waals surface area contributed by atoms with Gasteiger partial charge in [-0.1, -0.05) is 12.2 Å². The van der Waals surface area contributed by atoms with Crippen molar-refractivity contribution in [3.8, 4) is 5.75 Å². The number of fused-ring (bicyclic) bond motifs is 1. The number of halogens is 3. The van der Waals surface area contributed by atoms with Gasteiger partial charge in [0.2, 0.25) is 0 Å². The van der Waals surface area contributed by atoms with Crippen LogP contribution in [0.2, 0.25) is 0 Å². The average molecular weight is 351 g/mol. The molecule has 0 atom stereocenters. The molecule has 25 heavy (non-hydrogen) atoms. The van der Waals surface area contributed by atoms with Gasteiger partial charge in [0, 0.05) is 18.2 Å². The molecule has 3 rings (SSSR count). The average Bonchev–Trinajstić information content (AvgIpc) is 2.59. The molecule has 1 aromatic rings. The molecule has 0 aromatic heterocycles. The van der Waals surface area contributed by atoms with Crippen LogP contribution in [0.4, 0.5) is 18.9 Å². The summed E-state index contributed by atoms with van der Waals surface area (Å²) in [6.07, 6.45) is -1.29. The standard InChI is InChI=1S/C18H20F3N3O/c1-24-8-9-25-16-10-13(4-7-15(16)24)17(22)23-11-12-2-5-14(6-3-12)18(19,20)21/h2,4-5,7,10H,3,6,8-9,11H2,1H3,(H2,22,23). The van der Waals surface area contributed by atoms with Crippen molar-refractivity contribution in [2.45, 2.75) is 19.0 Å². The lowest BCUT2D eigenvalue weighted by molar-refractivity contribution is -0.0941. The lowest BCUT2D eigenvalue weighted by atomic mass is 9.98. The molecule has 0 fully saturated rings. The molecule has 0 saturated heterocycles. The number of allylic oxidation sites excluding steroid dienone is 3. The van der Waals surface area contributed by atoms with E-state index in [9.17, 15) is 13.2 Å². The number of ether oxygens (including phenoxy) is 1. The molecule has 1 aromatic carbocycles. The largest absolute Gasteiger partial charge is 0.490 e. The monoisotopic (exact) mass is 351 g/mol. The maximum absolute atomic E-state index is 12.6. The van der Waals surface area contributed by atoms with Crippen molar-refractivity contribution in [1.82, 2.24) is 0 Å². The van der Waals surface area contributed by atoms with E-state index in [1.807, 2.05) is 25.2 Å². The molecule has 7 heteroatoms. The van der Waals surface area contributed by atoms with Crippen LogP contribution in [0.25, 0.3) is 0 Å². The second-order valence-corrected chi connectivity index (χ2v) is 6.17. The Morgan fingerprint density at radius 3 is 2.76 bits per heavy atom. The quantitative estimate of drug-likeness (QED) is 0.670. The minimum absolute atomic E-state index is 0.0101. The number of likely N-dealkylation sites (N-methyl/N-ethyl adjacent to an activating group) is 1. The molecule has 0 bridgehead atoms. The van der Waals surface area contributed by atoms with E-state index in [0.29, 0.717) is 25.4 Å². The lowest BCUT2D eigenvalue weighted by Gasteiger charge is -2.27. The van der Waals surface area contributed by atoms with Gasteiger partial charge in [0.05, 0.1) is 18.8 Å². The first-order chi connectivity index (χ1) is 11.8. The van der Waals surface area contributed by atoms with Gasteiger partial charge in [0.25, 0.3) is 0 Å². The van der Waals surface area contributed by atoms with Crippen LogP contribution < -0.4 is 15.4 Å². The molecular weight excluding hydrogens is 331 g/mol. The molecule has 0 spiro atoms. The van der Waals surface area contributed by atoms with E-state index in [0.717, 1.165) is 35.2 Å². The normalized spacial score (nSPS) is 18.2. The molecule has 1 aliphatic heterocycles. The van der Waals surface area contributed by atoms with Crippen LogP contribution >= 0.6 is 0 Å². The van der Waals surface area contributed by atoms with Crippen LogP contribution in [0.5, 0.6) is 5.75 Å². The number of nitrogens with two attached hydrogens (primary N) is 1. The van der Waals surface area contributed by atoms with Gasteiger partial charge in [-0.05, 0) is 36.6 Å². The van der Waals surface area contributed by atoms with Crippen LogP contribution in [0.15, 0.2) is 46.5 Å². The molecule has 0 saturated carbocycles. The van der Waals surface area contributed by atoms with Gasteiger partial charge in [0.1, 0.15) is 18.2 Å². The topological polar surface area (TPSA) is 50.9 Å². The molecule has 0 radical (unpaired) electrons. The summed E-state index contributed by atoms with van der Waals surface area (Å²) in [5, 5.41) is 0. The second kappa shape index (κ2) is 6.82. The molecular formula is C18H20F3N3O. The summed E-state index contributed by atoms with van der Waals surface area (Å²) < 4.78 is 43.5. The first kappa shape index (κ1) is 17.4. The van der Waals surface area contributed by atoms with Crippen molar-refractivity contribution in [2.75, 3.05) is 31.6 Å². The van der Waals surface area contributed by atoms with Crippen LogP contribution in [0.1, 0.15) is 18.4 Å². The fraction of sp³-hybridized carbons (Fsp3) is 0.389. The summed E-state index contributed by atoms with van der Waals surface area (Å²) >= 11 is 0. The zero-order valence-electron chi connectivity index (χ0n) is 13.9. The highest BCUT2D eigenvalue weighted by Crippen LogP contribution is 2.33. The number of amidine groups is 1. The van der Waals surface area contributed by atoms with E-state index in [4.69, 9.17) is 10.5 Å². The maximum Gasteiger partial charge on any atom is 0.412 e. The third kappa shape index (κ3) is 3.97. The molecule has 0 amide bonds.